The number of nitrogens with one attached hydrogen (secondary N) is 1. The number of rotatable bonds is 4. The van der Waals surface area contributed by atoms with Gasteiger partial charge in [0.25, 0.3) is 5.56 Å². The van der Waals surface area contributed by atoms with E-state index in [1.165, 1.54) is 4.88 Å². The molecule has 0 fully saturated rings. The Balaban J connectivity index is 2.20. The third-order valence-electron chi connectivity index (χ3n) is 3.45. The van der Waals surface area contributed by atoms with Crippen molar-refractivity contribution < 1.29 is 0 Å². The molecule has 0 saturated carbocycles. The van der Waals surface area contributed by atoms with Gasteiger partial charge in [0, 0.05) is 34.8 Å². The first-order valence-corrected chi connectivity index (χ1v) is 7.96. The van der Waals surface area contributed by atoms with Gasteiger partial charge in [-0.3, -0.25) is 4.79 Å². The van der Waals surface area contributed by atoms with Gasteiger partial charge in [-0.15, -0.1) is 11.3 Å². The lowest BCUT2D eigenvalue weighted by molar-refractivity contribution is 0.383. The Bertz CT molecular complexity index is 651. The maximum atomic E-state index is 12.5. The third-order valence-corrected chi connectivity index (χ3v) is 4.69. The summed E-state index contributed by atoms with van der Waals surface area (Å²) in [4.78, 5) is 17.9. The maximum Gasteiger partial charge on any atom is 0.293 e. The minimum absolute atomic E-state index is 0.0370. The van der Waals surface area contributed by atoms with Crippen molar-refractivity contribution in [2.45, 2.75) is 45.6 Å². The van der Waals surface area contributed by atoms with E-state index in [-0.39, 0.29) is 16.5 Å². The van der Waals surface area contributed by atoms with Crippen molar-refractivity contribution in [3.8, 4) is 0 Å². The second-order valence-corrected chi connectivity index (χ2v) is 7.78. The van der Waals surface area contributed by atoms with Crippen LogP contribution in [0.25, 0.3) is 0 Å². The van der Waals surface area contributed by atoms with E-state index in [0.29, 0.717) is 12.4 Å². The molecule has 114 valence electrons. The second kappa shape index (κ2) is 5.64. The largest absolute Gasteiger partial charge is 0.365 e. The van der Waals surface area contributed by atoms with Crippen LogP contribution in [-0.4, -0.2) is 16.1 Å². The average molecular weight is 305 g/mol. The zero-order valence-corrected chi connectivity index (χ0v) is 14.1. The van der Waals surface area contributed by atoms with Crippen LogP contribution in [-0.2, 0) is 11.0 Å². The topological polar surface area (TPSA) is 46.9 Å². The minimum atomic E-state index is -0.250. The van der Waals surface area contributed by atoms with Crippen molar-refractivity contribution >= 4 is 17.2 Å². The summed E-state index contributed by atoms with van der Waals surface area (Å²) in [6.07, 6.45) is 3.41. The van der Waals surface area contributed by atoms with E-state index in [1.54, 1.807) is 28.3 Å². The van der Waals surface area contributed by atoms with Gasteiger partial charge in [-0.25, -0.2) is 4.98 Å². The molecule has 0 spiro atoms. The van der Waals surface area contributed by atoms with Crippen LogP contribution >= 0.6 is 11.3 Å². The third kappa shape index (κ3) is 3.53. The fourth-order valence-corrected chi connectivity index (χ4v) is 2.97. The summed E-state index contributed by atoms with van der Waals surface area (Å²) in [5, 5.41) is 5.29. The van der Waals surface area contributed by atoms with Gasteiger partial charge in [-0.05, 0) is 32.2 Å². The molecule has 0 amide bonds. The molecule has 4 nitrogen and oxygen atoms in total. The molecule has 0 aromatic carbocycles. The van der Waals surface area contributed by atoms with Crippen molar-refractivity contribution in [3.05, 3.63) is 45.1 Å². The summed E-state index contributed by atoms with van der Waals surface area (Å²) in [6.45, 7) is 11.0. The molecule has 0 radical (unpaired) electrons. The van der Waals surface area contributed by atoms with Gasteiger partial charge in [0.15, 0.2) is 5.82 Å². The molecular weight excluding hydrogens is 282 g/mol. The molecule has 0 bridgehead atoms. The van der Waals surface area contributed by atoms with Crippen LogP contribution < -0.4 is 10.9 Å². The highest BCUT2D eigenvalue weighted by atomic mass is 32.1. The molecule has 0 aliphatic carbocycles. The van der Waals surface area contributed by atoms with Crippen LogP contribution in [0.15, 0.2) is 34.7 Å². The Morgan fingerprint density at radius 1 is 1.29 bits per heavy atom. The minimum Gasteiger partial charge on any atom is -0.365 e. The molecular formula is C16H23N3OS. The van der Waals surface area contributed by atoms with Gasteiger partial charge >= 0.3 is 0 Å². The van der Waals surface area contributed by atoms with E-state index in [9.17, 15) is 4.79 Å². The predicted molar refractivity (Wildman–Crippen MR) is 89.3 cm³/mol. The highest BCUT2D eigenvalue weighted by Crippen LogP contribution is 2.27. The summed E-state index contributed by atoms with van der Waals surface area (Å²) < 4.78 is 1.71. The van der Waals surface area contributed by atoms with E-state index in [2.05, 4.69) is 41.7 Å². The highest BCUT2D eigenvalue weighted by molar-refractivity contribution is 7.10. The van der Waals surface area contributed by atoms with Gasteiger partial charge in [0.2, 0.25) is 0 Å². The van der Waals surface area contributed by atoms with Crippen molar-refractivity contribution in [2.24, 2.45) is 0 Å². The SMILES string of the molecule is CC(C)(CNc1nccn(C(C)(C)C)c1=O)c1cccs1. The Labute approximate surface area is 129 Å². The molecule has 0 aliphatic rings. The van der Waals surface area contributed by atoms with Crippen molar-refractivity contribution in [2.75, 3.05) is 11.9 Å². The van der Waals surface area contributed by atoms with Crippen LogP contribution in [0.1, 0.15) is 39.5 Å². The number of thiophene rings is 1. The summed E-state index contributed by atoms with van der Waals surface area (Å²) >= 11 is 1.73. The van der Waals surface area contributed by atoms with Crippen molar-refractivity contribution in [1.82, 2.24) is 9.55 Å². The Morgan fingerprint density at radius 2 is 2.00 bits per heavy atom. The quantitative estimate of drug-likeness (QED) is 0.941. The molecule has 2 aromatic rings. The summed E-state index contributed by atoms with van der Waals surface area (Å²) in [5.74, 6) is 0.414. The first kappa shape index (κ1) is 15.8. The number of nitrogens with zero attached hydrogens (tertiary/aromatic N) is 2. The highest BCUT2D eigenvalue weighted by Gasteiger charge is 2.23. The standard InChI is InChI=1S/C16H23N3OS/c1-15(2,3)19-9-8-17-13(14(19)20)18-11-16(4,5)12-7-6-10-21-12/h6-10H,11H2,1-5H3,(H,17,18). The van der Waals surface area contributed by atoms with Gasteiger partial charge in [-0.1, -0.05) is 19.9 Å². The molecule has 0 atom stereocenters. The van der Waals surface area contributed by atoms with Crippen LogP contribution in [0.2, 0.25) is 0 Å². The van der Waals surface area contributed by atoms with E-state index in [1.807, 2.05) is 20.8 Å². The summed E-state index contributed by atoms with van der Waals surface area (Å²) in [5.41, 5.74) is -0.364. The first-order chi connectivity index (χ1) is 9.72. The van der Waals surface area contributed by atoms with Gasteiger partial charge in [0.1, 0.15) is 0 Å². The number of hydrogen-bond donors (Lipinski definition) is 1. The number of anilines is 1. The van der Waals surface area contributed by atoms with E-state index in [4.69, 9.17) is 0 Å². The van der Waals surface area contributed by atoms with Gasteiger partial charge < -0.3 is 9.88 Å². The molecule has 2 rings (SSSR count). The lowest BCUT2D eigenvalue weighted by Gasteiger charge is -2.25. The van der Waals surface area contributed by atoms with E-state index in [0.717, 1.165) is 0 Å². The number of hydrogen-bond acceptors (Lipinski definition) is 4. The van der Waals surface area contributed by atoms with Crippen LogP contribution in [0, 0.1) is 0 Å². The molecule has 2 heterocycles. The lowest BCUT2D eigenvalue weighted by atomic mass is 9.91. The molecule has 0 saturated heterocycles. The molecule has 1 N–H and O–H groups in total. The summed E-state index contributed by atoms with van der Waals surface area (Å²) in [6, 6.07) is 4.17. The first-order valence-electron chi connectivity index (χ1n) is 7.08. The van der Waals surface area contributed by atoms with Crippen LogP contribution in [0.4, 0.5) is 5.82 Å². The second-order valence-electron chi connectivity index (χ2n) is 6.84. The molecule has 2 aromatic heterocycles. The van der Waals surface area contributed by atoms with Crippen molar-refractivity contribution in [3.63, 3.8) is 0 Å². The Morgan fingerprint density at radius 3 is 2.57 bits per heavy atom. The fourth-order valence-electron chi connectivity index (χ4n) is 2.12. The summed E-state index contributed by atoms with van der Waals surface area (Å²) in [7, 11) is 0. The van der Waals surface area contributed by atoms with Gasteiger partial charge in [-0.2, -0.15) is 0 Å². The van der Waals surface area contributed by atoms with Crippen LogP contribution in [0.3, 0.4) is 0 Å². The maximum absolute atomic E-state index is 12.5. The molecule has 0 unspecified atom stereocenters. The average Bonchev–Trinajstić information content (AvgIpc) is 2.90. The van der Waals surface area contributed by atoms with Crippen LogP contribution in [0.5, 0.6) is 0 Å². The normalized spacial score (nSPS) is 12.4. The molecule has 21 heavy (non-hydrogen) atoms. The van der Waals surface area contributed by atoms with Crippen molar-refractivity contribution in [1.29, 1.82) is 0 Å². The van der Waals surface area contributed by atoms with E-state index < -0.39 is 0 Å². The zero-order valence-electron chi connectivity index (χ0n) is 13.3. The van der Waals surface area contributed by atoms with Gasteiger partial charge in [0.05, 0.1) is 0 Å². The number of aromatic nitrogens is 2. The van der Waals surface area contributed by atoms with E-state index >= 15 is 0 Å². The monoisotopic (exact) mass is 305 g/mol. The fraction of sp³-hybridized carbons (Fsp3) is 0.500. The smallest absolute Gasteiger partial charge is 0.293 e. The molecule has 5 heteroatoms. The zero-order chi connectivity index (χ0) is 15.7. The molecule has 0 aliphatic heterocycles. The predicted octanol–water partition coefficient (Wildman–Crippen LogP) is 3.45. The lowest BCUT2D eigenvalue weighted by Crippen LogP contribution is -2.36. The Kier molecular flexibility index (Phi) is 4.23. The Hall–Kier alpha value is -1.62.